The Balaban J connectivity index is 2.02. The topological polar surface area (TPSA) is 67.9 Å². The third-order valence-corrected chi connectivity index (χ3v) is 5.13. The van der Waals surface area contributed by atoms with Gasteiger partial charge in [-0.1, -0.05) is 24.3 Å². The summed E-state index contributed by atoms with van der Waals surface area (Å²) < 4.78 is 10.9. The summed E-state index contributed by atoms with van der Waals surface area (Å²) in [6.45, 7) is 10.4. The van der Waals surface area contributed by atoms with E-state index in [9.17, 15) is 9.59 Å². The molecule has 6 heteroatoms. The van der Waals surface area contributed by atoms with Gasteiger partial charge in [0.1, 0.15) is 17.5 Å². The van der Waals surface area contributed by atoms with Crippen LogP contribution in [0.15, 0.2) is 48.5 Å². The van der Waals surface area contributed by atoms with Gasteiger partial charge in [0.2, 0.25) is 11.8 Å². The van der Waals surface area contributed by atoms with E-state index in [1.54, 1.807) is 18.9 Å². The van der Waals surface area contributed by atoms with Gasteiger partial charge in [0.05, 0.1) is 13.7 Å². The number of carbonyl (C=O) groups is 2. The maximum atomic E-state index is 13.1. The Morgan fingerprint density at radius 3 is 2.25 bits per heavy atom. The highest BCUT2D eigenvalue weighted by atomic mass is 16.5. The number of amides is 2. The van der Waals surface area contributed by atoms with Crippen molar-refractivity contribution >= 4 is 11.8 Å². The highest BCUT2D eigenvalue weighted by molar-refractivity contribution is 5.87. The molecule has 0 radical (unpaired) electrons. The summed E-state index contributed by atoms with van der Waals surface area (Å²) in [5.41, 5.74) is 1.76. The number of ether oxygens (including phenoxy) is 2. The molecule has 0 saturated carbocycles. The van der Waals surface area contributed by atoms with Gasteiger partial charge in [-0.3, -0.25) is 9.59 Å². The number of carbonyl (C=O) groups excluding carboxylic acids is 2. The van der Waals surface area contributed by atoms with Crippen molar-refractivity contribution in [3.8, 4) is 11.5 Å². The van der Waals surface area contributed by atoms with Crippen molar-refractivity contribution in [2.45, 2.75) is 65.6 Å². The molecule has 0 aliphatic carbocycles. The van der Waals surface area contributed by atoms with Crippen molar-refractivity contribution in [3.63, 3.8) is 0 Å². The predicted molar refractivity (Wildman–Crippen MR) is 127 cm³/mol. The lowest BCUT2D eigenvalue weighted by molar-refractivity contribution is -0.141. The molecule has 0 saturated heterocycles. The summed E-state index contributed by atoms with van der Waals surface area (Å²) in [5, 5.41) is 2.98. The molecule has 0 aliphatic heterocycles. The third-order valence-electron chi connectivity index (χ3n) is 5.13. The van der Waals surface area contributed by atoms with Crippen LogP contribution in [0.2, 0.25) is 0 Å². The Morgan fingerprint density at radius 2 is 1.66 bits per heavy atom. The first kappa shape index (κ1) is 25.2. The van der Waals surface area contributed by atoms with Crippen LogP contribution in [0.1, 0.15) is 51.7 Å². The second-order valence-corrected chi connectivity index (χ2v) is 8.99. The molecule has 0 aromatic heterocycles. The van der Waals surface area contributed by atoms with Gasteiger partial charge in [-0.05, 0) is 76.4 Å². The van der Waals surface area contributed by atoms with Crippen LogP contribution in [0.25, 0.3) is 0 Å². The first-order valence-electron chi connectivity index (χ1n) is 11.0. The van der Waals surface area contributed by atoms with Gasteiger partial charge in [-0.15, -0.1) is 0 Å². The fourth-order valence-electron chi connectivity index (χ4n) is 3.26. The van der Waals surface area contributed by atoms with Gasteiger partial charge in [0.25, 0.3) is 0 Å². The van der Waals surface area contributed by atoms with E-state index < -0.39 is 6.04 Å². The molecule has 32 heavy (non-hydrogen) atoms. The lowest BCUT2D eigenvalue weighted by Gasteiger charge is -2.32. The van der Waals surface area contributed by atoms with E-state index in [2.05, 4.69) is 5.32 Å². The van der Waals surface area contributed by atoms with E-state index in [-0.39, 0.29) is 17.4 Å². The third kappa shape index (κ3) is 7.91. The Morgan fingerprint density at radius 1 is 1.03 bits per heavy atom. The SMILES string of the molecule is COc1ccc(OCCCC(=O)N(Cc2ccccc2C)C(C)C(=O)NC(C)(C)C)cc1. The Labute approximate surface area is 191 Å². The van der Waals surface area contributed by atoms with Crippen LogP contribution >= 0.6 is 0 Å². The molecule has 6 nitrogen and oxygen atoms in total. The standard InChI is InChI=1S/C26H36N2O4/c1-19-10-7-8-11-21(19)18-28(20(2)25(30)27-26(3,4)5)24(29)12-9-17-32-23-15-13-22(31-6)14-16-23/h7-8,10-11,13-16,20H,9,12,17-18H2,1-6H3,(H,27,30). The average molecular weight is 441 g/mol. The summed E-state index contributed by atoms with van der Waals surface area (Å²) in [6.07, 6.45) is 0.859. The number of nitrogens with zero attached hydrogens (tertiary/aromatic N) is 1. The molecule has 1 N–H and O–H groups in total. The number of hydrogen-bond acceptors (Lipinski definition) is 4. The fraction of sp³-hybridized carbons (Fsp3) is 0.462. The van der Waals surface area contributed by atoms with Gasteiger partial charge in [-0.25, -0.2) is 0 Å². The summed E-state index contributed by atoms with van der Waals surface area (Å²) in [5.74, 6) is 1.27. The highest BCUT2D eigenvalue weighted by Crippen LogP contribution is 2.18. The van der Waals surface area contributed by atoms with Crippen LogP contribution in [0.4, 0.5) is 0 Å². The number of nitrogens with one attached hydrogen (secondary N) is 1. The summed E-state index contributed by atoms with van der Waals surface area (Å²) >= 11 is 0. The number of rotatable bonds is 10. The summed E-state index contributed by atoms with van der Waals surface area (Å²) in [4.78, 5) is 27.6. The zero-order valence-electron chi connectivity index (χ0n) is 20.1. The molecular weight excluding hydrogens is 404 g/mol. The number of methoxy groups -OCH3 is 1. The van der Waals surface area contributed by atoms with E-state index in [1.807, 2.05) is 76.2 Å². The zero-order valence-corrected chi connectivity index (χ0v) is 20.1. The predicted octanol–water partition coefficient (Wildman–Crippen LogP) is 4.49. The number of benzene rings is 2. The lowest BCUT2D eigenvalue weighted by atomic mass is 10.1. The van der Waals surface area contributed by atoms with Crippen LogP contribution in [-0.2, 0) is 16.1 Å². The number of aryl methyl sites for hydroxylation is 1. The second kappa shape index (κ2) is 11.6. The maximum Gasteiger partial charge on any atom is 0.242 e. The van der Waals surface area contributed by atoms with E-state index in [1.165, 1.54) is 0 Å². The van der Waals surface area contributed by atoms with E-state index in [4.69, 9.17) is 9.47 Å². The Kier molecular flexibility index (Phi) is 9.12. The van der Waals surface area contributed by atoms with Gasteiger partial charge in [0.15, 0.2) is 0 Å². The molecule has 0 spiro atoms. The molecule has 174 valence electrons. The van der Waals surface area contributed by atoms with Crippen LogP contribution in [-0.4, -0.2) is 42.0 Å². The minimum Gasteiger partial charge on any atom is -0.497 e. The van der Waals surface area contributed by atoms with Gasteiger partial charge < -0.3 is 19.7 Å². The van der Waals surface area contributed by atoms with E-state index >= 15 is 0 Å². The van der Waals surface area contributed by atoms with Crippen LogP contribution in [0.5, 0.6) is 11.5 Å². The van der Waals surface area contributed by atoms with Crippen molar-refractivity contribution in [2.24, 2.45) is 0 Å². The molecule has 0 aliphatic rings. The van der Waals surface area contributed by atoms with Gasteiger partial charge in [0, 0.05) is 18.5 Å². The first-order valence-corrected chi connectivity index (χ1v) is 11.0. The van der Waals surface area contributed by atoms with Crippen LogP contribution in [0, 0.1) is 6.92 Å². The maximum absolute atomic E-state index is 13.1. The number of hydrogen-bond donors (Lipinski definition) is 1. The minimum atomic E-state index is -0.580. The molecule has 1 atom stereocenters. The van der Waals surface area contributed by atoms with Crippen molar-refractivity contribution in [3.05, 3.63) is 59.7 Å². The Hall–Kier alpha value is -3.02. The molecule has 2 aromatic rings. The van der Waals surface area contributed by atoms with E-state index in [0.29, 0.717) is 26.0 Å². The zero-order chi connectivity index (χ0) is 23.7. The molecule has 0 fully saturated rings. The van der Waals surface area contributed by atoms with Crippen LogP contribution < -0.4 is 14.8 Å². The molecule has 1 unspecified atom stereocenters. The molecule has 2 aromatic carbocycles. The normalized spacial score (nSPS) is 12.1. The molecule has 0 bridgehead atoms. The lowest BCUT2D eigenvalue weighted by Crippen LogP contribution is -2.52. The van der Waals surface area contributed by atoms with Crippen molar-refractivity contribution < 1.29 is 19.1 Å². The average Bonchev–Trinajstić information content (AvgIpc) is 2.74. The quantitative estimate of drug-likeness (QED) is 0.553. The largest absolute Gasteiger partial charge is 0.497 e. The summed E-state index contributed by atoms with van der Waals surface area (Å²) in [6, 6.07) is 14.7. The minimum absolute atomic E-state index is 0.0665. The Bertz CT molecular complexity index is 887. The summed E-state index contributed by atoms with van der Waals surface area (Å²) in [7, 11) is 1.62. The second-order valence-electron chi connectivity index (χ2n) is 8.99. The molecule has 0 heterocycles. The molecule has 2 amide bonds. The van der Waals surface area contributed by atoms with Crippen molar-refractivity contribution in [1.82, 2.24) is 10.2 Å². The van der Waals surface area contributed by atoms with Crippen molar-refractivity contribution in [1.29, 1.82) is 0 Å². The molecular formula is C26H36N2O4. The van der Waals surface area contributed by atoms with E-state index in [0.717, 1.165) is 22.6 Å². The first-order chi connectivity index (χ1) is 15.1. The van der Waals surface area contributed by atoms with Crippen LogP contribution in [0.3, 0.4) is 0 Å². The fourth-order valence-corrected chi connectivity index (χ4v) is 3.26. The smallest absolute Gasteiger partial charge is 0.242 e. The van der Waals surface area contributed by atoms with Gasteiger partial charge in [-0.2, -0.15) is 0 Å². The molecule has 2 rings (SSSR count). The monoisotopic (exact) mass is 440 g/mol. The van der Waals surface area contributed by atoms with Gasteiger partial charge >= 0.3 is 0 Å². The van der Waals surface area contributed by atoms with Crippen molar-refractivity contribution in [2.75, 3.05) is 13.7 Å². The highest BCUT2D eigenvalue weighted by Gasteiger charge is 2.28.